The van der Waals surface area contributed by atoms with Gasteiger partial charge in [-0.3, -0.25) is 4.98 Å². The van der Waals surface area contributed by atoms with E-state index in [4.69, 9.17) is 18.0 Å². The van der Waals surface area contributed by atoms with Crippen molar-refractivity contribution in [2.24, 2.45) is 5.73 Å². The van der Waals surface area contributed by atoms with Gasteiger partial charge in [0.05, 0.1) is 22.5 Å². The number of pyridine rings is 1. The first-order valence-corrected chi connectivity index (χ1v) is 7.12. The number of hydrogen-bond donors (Lipinski definition) is 1. The zero-order valence-corrected chi connectivity index (χ0v) is 13.0. The highest BCUT2D eigenvalue weighted by molar-refractivity contribution is 7.80. The number of para-hydroxylation sites is 1. The third-order valence-electron chi connectivity index (χ3n) is 3.88. The largest absolute Gasteiger partial charge is 0.389 e. The Kier molecular flexibility index (Phi) is 3.22. The fourth-order valence-corrected chi connectivity index (χ4v) is 2.62. The molecular formula is C16H16N4S. The van der Waals surface area contributed by atoms with Gasteiger partial charge in [0.1, 0.15) is 4.99 Å². The highest BCUT2D eigenvalue weighted by atomic mass is 32.1. The predicted octanol–water partition coefficient (Wildman–Crippen LogP) is 2.98. The van der Waals surface area contributed by atoms with Gasteiger partial charge in [-0.2, -0.15) is 5.10 Å². The molecule has 2 heterocycles. The minimum atomic E-state index is 0.327. The molecule has 0 saturated carbocycles. The van der Waals surface area contributed by atoms with Crippen LogP contribution in [0, 0.1) is 20.8 Å². The molecule has 0 spiro atoms. The summed E-state index contributed by atoms with van der Waals surface area (Å²) in [5.74, 6) is 0. The lowest BCUT2D eigenvalue weighted by Crippen LogP contribution is -2.15. The van der Waals surface area contributed by atoms with E-state index in [1.807, 2.05) is 42.8 Å². The number of aromatic nitrogens is 3. The summed E-state index contributed by atoms with van der Waals surface area (Å²) in [6.07, 6.45) is 1.73. The van der Waals surface area contributed by atoms with Gasteiger partial charge in [-0.15, -0.1) is 0 Å². The van der Waals surface area contributed by atoms with Crippen LogP contribution in [0.15, 0.2) is 30.5 Å². The molecule has 2 aromatic heterocycles. The van der Waals surface area contributed by atoms with E-state index < -0.39 is 0 Å². The summed E-state index contributed by atoms with van der Waals surface area (Å²) in [6, 6.07) is 7.94. The summed E-state index contributed by atoms with van der Waals surface area (Å²) in [4.78, 5) is 4.77. The van der Waals surface area contributed by atoms with Gasteiger partial charge in [0.25, 0.3) is 0 Å². The van der Waals surface area contributed by atoms with Gasteiger partial charge in [-0.25, -0.2) is 4.68 Å². The van der Waals surface area contributed by atoms with E-state index in [0.29, 0.717) is 4.99 Å². The molecule has 106 valence electrons. The zero-order valence-electron chi connectivity index (χ0n) is 12.2. The van der Waals surface area contributed by atoms with Gasteiger partial charge in [0.15, 0.2) is 0 Å². The maximum absolute atomic E-state index is 5.89. The van der Waals surface area contributed by atoms with Crippen molar-refractivity contribution in [1.29, 1.82) is 0 Å². The van der Waals surface area contributed by atoms with Gasteiger partial charge < -0.3 is 5.73 Å². The van der Waals surface area contributed by atoms with Crippen molar-refractivity contribution in [2.75, 3.05) is 0 Å². The van der Waals surface area contributed by atoms with Crippen molar-refractivity contribution >= 4 is 28.1 Å². The normalized spacial score (nSPS) is 11.0. The number of fused-ring (bicyclic) bond motifs is 1. The van der Waals surface area contributed by atoms with Crippen molar-refractivity contribution in [1.82, 2.24) is 14.8 Å². The van der Waals surface area contributed by atoms with Gasteiger partial charge in [-0.1, -0.05) is 30.4 Å². The second-order valence-corrected chi connectivity index (χ2v) is 5.55. The van der Waals surface area contributed by atoms with Crippen LogP contribution in [0.5, 0.6) is 0 Å². The Hall–Kier alpha value is -2.27. The van der Waals surface area contributed by atoms with Gasteiger partial charge >= 0.3 is 0 Å². The molecule has 1 aromatic carbocycles. The third kappa shape index (κ3) is 2.10. The number of rotatable bonds is 2. The van der Waals surface area contributed by atoms with Gasteiger partial charge in [-0.05, 0) is 32.4 Å². The van der Waals surface area contributed by atoms with Crippen LogP contribution in [-0.4, -0.2) is 19.8 Å². The monoisotopic (exact) mass is 296 g/mol. The fourth-order valence-electron chi connectivity index (χ4n) is 2.47. The SMILES string of the molecule is Cc1nn(-c2c(C(N)=S)cnc3ccccc23)c(C)c1C. The Morgan fingerprint density at radius 2 is 1.90 bits per heavy atom. The minimum Gasteiger partial charge on any atom is -0.389 e. The summed E-state index contributed by atoms with van der Waals surface area (Å²) in [5.41, 5.74) is 11.7. The number of hydrogen-bond acceptors (Lipinski definition) is 3. The number of nitrogens with two attached hydrogens (primary N) is 1. The van der Waals surface area contributed by atoms with Gasteiger partial charge in [0.2, 0.25) is 0 Å². The summed E-state index contributed by atoms with van der Waals surface area (Å²) in [5, 5.41) is 5.64. The highest BCUT2D eigenvalue weighted by Crippen LogP contribution is 2.27. The van der Waals surface area contributed by atoms with E-state index in [9.17, 15) is 0 Å². The molecule has 0 radical (unpaired) electrons. The molecule has 0 bridgehead atoms. The summed E-state index contributed by atoms with van der Waals surface area (Å²) >= 11 is 5.19. The Bertz CT molecular complexity index is 864. The molecule has 0 atom stereocenters. The van der Waals surface area contributed by atoms with Gasteiger partial charge in [0, 0.05) is 17.3 Å². The van der Waals surface area contributed by atoms with Crippen molar-refractivity contribution in [3.05, 3.63) is 53.0 Å². The molecule has 0 amide bonds. The van der Waals surface area contributed by atoms with E-state index in [-0.39, 0.29) is 0 Å². The predicted molar refractivity (Wildman–Crippen MR) is 89.0 cm³/mol. The van der Waals surface area contributed by atoms with E-state index in [1.165, 1.54) is 5.56 Å². The Morgan fingerprint density at radius 3 is 2.52 bits per heavy atom. The molecule has 3 aromatic rings. The lowest BCUT2D eigenvalue weighted by atomic mass is 10.1. The van der Waals surface area contributed by atoms with Crippen LogP contribution >= 0.6 is 12.2 Å². The van der Waals surface area contributed by atoms with Crippen LogP contribution in [0.2, 0.25) is 0 Å². The molecule has 0 unspecified atom stereocenters. The molecule has 21 heavy (non-hydrogen) atoms. The minimum absolute atomic E-state index is 0.327. The van der Waals surface area contributed by atoms with Crippen molar-refractivity contribution in [2.45, 2.75) is 20.8 Å². The molecule has 0 aliphatic rings. The van der Waals surface area contributed by atoms with Crippen LogP contribution in [0.1, 0.15) is 22.5 Å². The lowest BCUT2D eigenvalue weighted by Gasteiger charge is -2.13. The fraction of sp³-hybridized carbons (Fsp3) is 0.188. The van der Waals surface area contributed by atoms with Crippen LogP contribution in [0.4, 0.5) is 0 Å². The Balaban J connectivity index is 2.46. The van der Waals surface area contributed by atoms with E-state index in [1.54, 1.807) is 6.20 Å². The Morgan fingerprint density at radius 1 is 1.19 bits per heavy atom. The van der Waals surface area contributed by atoms with E-state index in [0.717, 1.165) is 33.5 Å². The second-order valence-electron chi connectivity index (χ2n) is 5.11. The number of nitrogens with zero attached hydrogens (tertiary/aromatic N) is 3. The quantitative estimate of drug-likeness (QED) is 0.739. The maximum Gasteiger partial charge on any atom is 0.107 e. The molecule has 5 heteroatoms. The summed E-state index contributed by atoms with van der Waals surface area (Å²) in [7, 11) is 0. The molecule has 2 N–H and O–H groups in total. The zero-order chi connectivity index (χ0) is 15.1. The first-order chi connectivity index (χ1) is 10.0. The average Bonchev–Trinajstić information content (AvgIpc) is 2.73. The first kappa shape index (κ1) is 13.7. The molecule has 3 rings (SSSR count). The van der Waals surface area contributed by atoms with Crippen LogP contribution < -0.4 is 5.73 Å². The van der Waals surface area contributed by atoms with E-state index >= 15 is 0 Å². The highest BCUT2D eigenvalue weighted by Gasteiger charge is 2.17. The molecular weight excluding hydrogens is 280 g/mol. The topological polar surface area (TPSA) is 56.7 Å². The summed E-state index contributed by atoms with van der Waals surface area (Å²) < 4.78 is 1.92. The number of aryl methyl sites for hydroxylation is 1. The van der Waals surface area contributed by atoms with Crippen molar-refractivity contribution in [3.63, 3.8) is 0 Å². The van der Waals surface area contributed by atoms with Crippen molar-refractivity contribution < 1.29 is 0 Å². The lowest BCUT2D eigenvalue weighted by molar-refractivity contribution is 0.836. The molecule has 0 aliphatic heterocycles. The van der Waals surface area contributed by atoms with E-state index in [2.05, 4.69) is 17.0 Å². The molecule has 0 saturated heterocycles. The number of benzene rings is 1. The van der Waals surface area contributed by atoms with Crippen LogP contribution in [0.3, 0.4) is 0 Å². The van der Waals surface area contributed by atoms with Crippen LogP contribution in [-0.2, 0) is 0 Å². The number of thiocarbonyl (C=S) groups is 1. The molecule has 0 aliphatic carbocycles. The maximum atomic E-state index is 5.89. The third-order valence-corrected chi connectivity index (χ3v) is 4.10. The second kappa shape index (κ2) is 4.93. The first-order valence-electron chi connectivity index (χ1n) is 6.71. The Labute approximate surface area is 128 Å². The summed E-state index contributed by atoms with van der Waals surface area (Å²) in [6.45, 7) is 6.12. The smallest absolute Gasteiger partial charge is 0.107 e. The van der Waals surface area contributed by atoms with Crippen molar-refractivity contribution in [3.8, 4) is 5.69 Å². The molecule has 4 nitrogen and oxygen atoms in total. The molecule has 0 fully saturated rings. The average molecular weight is 296 g/mol. The van der Waals surface area contributed by atoms with Crippen LogP contribution in [0.25, 0.3) is 16.6 Å². The standard InChI is InChI=1S/C16H16N4S/c1-9-10(2)19-20(11(9)3)15-12-6-4-5-7-14(12)18-8-13(15)16(17)21/h4-8H,1-3H3,(H2,17,21).